The van der Waals surface area contributed by atoms with E-state index in [1.54, 1.807) is 12.1 Å². The second kappa shape index (κ2) is 6.19. The maximum Gasteiger partial charge on any atom is 0.326 e. The van der Waals surface area contributed by atoms with Crippen LogP contribution in [-0.4, -0.2) is 28.6 Å². The van der Waals surface area contributed by atoms with E-state index < -0.39 is 12.0 Å². The van der Waals surface area contributed by atoms with Gasteiger partial charge in [0.15, 0.2) is 0 Å². The molecule has 0 aliphatic carbocycles. The van der Waals surface area contributed by atoms with Gasteiger partial charge in [-0.3, -0.25) is 0 Å². The fourth-order valence-corrected chi connectivity index (χ4v) is 2.44. The van der Waals surface area contributed by atoms with Crippen LogP contribution in [0.3, 0.4) is 0 Å². The molecule has 0 spiro atoms. The lowest BCUT2D eigenvalue weighted by Crippen LogP contribution is -2.43. The number of nitriles is 1. The number of hydrogen-bond donors (Lipinski definition) is 1. The van der Waals surface area contributed by atoms with E-state index >= 15 is 0 Å². The normalized spacial score (nSPS) is 20.2. The molecule has 1 aliphatic heterocycles. The van der Waals surface area contributed by atoms with Crippen molar-refractivity contribution in [3.63, 3.8) is 0 Å². The van der Waals surface area contributed by atoms with E-state index in [-0.39, 0.29) is 0 Å². The van der Waals surface area contributed by atoms with E-state index in [9.17, 15) is 9.90 Å². The van der Waals surface area contributed by atoms with E-state index in [2.05, 4.69) is 4.98 Å². The fraction of sp³-hybridized carbons (Fsp3) is 0.500. The molecule has 1 N–H and O–H groups in total. The third-order valence-corrected chi connectivity index (χ3v) is 3.46. The number of nitrogens with zero attached hydrogens (tertiary/aromatic N) is 3. The summed E-state index contributed by atoms with van der Waals surface area (Å²) in [4.78, 5) is 17.5. The highest BCUT2D eigenvalue weighted by atomic mass is 16.4. The second-order valence-electron chi connectivity index (χ2n) is 4.77. The second-order valence-corrected chi connectivity index (χ2v) is 4.77. The molecule has 2 rings (SSSR count). The molecule has 1 atom stereocenters. The van der Waals surface area contributed by atoms with E-state index in [0.717, 1.165) is 25.7 Å². The van der Waals surface area contributed by atoms with Crippen LogP contribution in [0.2, 0.25) is 0 Å². The first-order chi connectivity index (χ1) is 9.22. The molecule has 0 bridgehead atoms. The number of hydrogen-bond acceptors (Lipinski definition) is 4. The Morgan fingerprint density at radius 3 is 2.79 bits per heavy atom. The zero-order valence-electron chi connectivity index (χ0n) is 10.7. The van der Waals surface area contributed by atoms with Crippen molar-refractivity contribution >= 4 is 11.8 Å². The molecule has 5 nitrogen and oxygen atoms in total. The van der Waals surface area contributed by atoms with Gasteiger partial charge in [0.1, 0.15) is 17.9 Å². The monoisotopic (exact) mass is 259 g/mol. The predicted octanol–water partition coefficient (Wildman–Crippen LogP) is 2.18. The molecule has 1 aromatic heterocycles. The minimum absolute atomic E-state index is 0.489. The first-order valence-corrected chi connectivity index (χ1v) is 6.58. The van der Waals surface area contributed by atoms with Crippen LogP contribution in [0.1, 0.15) is 37.7 Å². The maximum absolute atomic E-state index is 11.4. The lowest BCUT2D eigenvalue weighted by atomic mass is 10.0. The highest BCUT2D eigenvalue weighted by Crippen LogP contribution is 2.22. The van der Waals surface area contributed by atoms with Crippen LogP contribution in [-0.2, 0) is 4.79 Å². The largest absolute Gasteiger partial charge is 0.480 e. The number of carboxylic acids is 1. The van der Waals surface area contributed by atoms with Crippen molar-refractivity contribution in [1.82, 2.24) is 4.98 Å². The quantitative estimate of drug-likeness (QED) is 0.880. The van der Waals surface area contributed by atoms with Crippen molar-refractivity contribution in [2.75, 3.05) is 11.4 Å². The van der Waals surface area contributed by atoms with E-state index in [0.29, 0.717) is 24.3 Å². The summed E-state index contributed by atoms with van der Waals surface area (Å²) in [6.45, 7) is 0.704. The van der Waals surface area contributed by atoms with Crippen LogP contribution in [0.15, 0.2) is 18.3 Å². The van der Waals surface area contributed by atoms with Crippen LogP contribution in [0.25, 0.3) is 0 Å². The van der Waals surface area contributed by atoms with Crippen molar-refractivity contribution in [2.45, 2.75) is 38.1 Å². The highest BCUT2D eigenvalue weighted by Gasteiger charge is 2.27. The van der Waals surface area contributed by atoms with Crippen LogP contribution in [0.4, 0.5) is 5.82 Å². The summed E-state index contributed by atoms with van der Waals surface area (Å²) < 4.78 is 0. The van der Waals surface area contributed by atoms with Crippen LogP contribution < -0.4 is 4.90 Å². The molecule has 5 heteroatoms. The predicted molar refractivity (Wildman–Crippen MR) is 70.8 cm³/mol. The molecule has 0 radical (unpaired) electrons. The van der Waals surface area contributed by atoms with Gasteiger partial charge in [-0.15, -0.1) is 0 Å². The summed E-state index contributed by atoms with van der Waals surface area (Å²) in [7, 11) is 0. The number of aromatic nitrogens is 1. The smallest absolute Gasteiger partial charge is 0.326 e. The van der Waals surface area contributed by atoms with Crippen molar-refractivity contribution in [1.29, 1.82) is 5.26 Å². The molecule has 1 saturated heterocycles. The lowest BCUT2D eigenvalue weighted by Gasteiger charge is -2.31. The van der Waals surface area contributed by atoms with Gasteiger partial charge in [-0.05, 0) is 25.0 Å². The van der Waals surface area contributed by atoms with Gasteiger partial charge in [-0.25, -0.2) is 9.78 Å². The average Bonchev–Trinajstić information content (AvgIpc) is 2.38. The minimum atomic E-state index is -0.798. The first kappa shape index (κ1) is 13.3. The Balaban J connectivity index is 2.24. The van der Waals surface area contributed by atoms with Crippen LogP contribution >= 0.6 is 0 Å². The Kier molecular flexibility index (Phi) is 4.35. The summed E-state index contributed by atoms with van der Waals surface area (Å²) >= 11 is 0. The van der Waals surface area contributed by atoms with Crippen LogP contribution in [0, 0.1) is 11.3 Å². The molecule has 2 heterocycles. The van der Waals surface area contributed by atoms with Crippen LogP contribution in [0.5, 0.6) is 0 Å². The Bertz CT molecular complexity index is 478. The fourth-order valence-electron chi connectivity index (χ4n) is 2.44. The zero-order valence-corrected chi connectivity index (χ0v) is 10.7. The number of rotatable bonds is 2. The standard InChI is InChI=1S/C14H17N3O2/c15-9-11-6-7-13(16-10-11)17-8-4-2-1-3-5-12(17)14(18)19/h6-7,10,12H,1-5,8H2,(H,18,19). The lowest BCUT2D eigenvalue weighted by molar-refractivity contribution is -0.138. The van der Waals surface area contributed by atoms with Gasteiger partial charge in [0.05, 0.1) is 5.56 Å². The van der Waals surface area contributed by atoms with Gasteiger partial charge in [-0.1, -0.05) is 19.3 Å². The molecule has 0 aromatic carbocycles. The van der Waals surface area contributed by atoms with Gasteiger partial charge < -0.3 is 10.0 Å². The topological polar surface area (TPSA) is 77.2 Å². The van der Waals surface area contributed by atoms with Gasteiger partial charge in [-0.2, -0.15) is 5.26 Å². The molecule has 1 aliphatic rings. The van der Waals surface area contributed by atoms with E-state index in [1.807, 2.05) is 11.0 Å². The molecule has 0 amide bonds. The molecule has 1 unspecified atom stereocenters. The number of anilines is 1. The third kappa shape index (κ3) is 3.22. The van der Waals surface area contributed by atoms with Gasteiger partial charge in [0.25, 0.3) is 0 Å². The third-order valence-electron chi connectivity index (χ3n) is 3.46. The van der Waals surface area contributed by atoms with E-state index in [1.165, 1.54) is 6.20 Å². The molecule has 100 valence electrons. The SMILES string of the molecule is N#Cc1ccc(N2CCCCCCC2C(=O)O)nc1. The summed E-state index contributed by atoms with van der Waals surface area (Å²) in [5, 5.41) is 18.1. The number of carboxylic acid groups (broad SMARTS) is 1. The minimum Gasteiger partial charge on any atom is -0.480 e. The zero-order chi connectivity index (χ0) is 13.7. The molecule has 0 saturated carbocycles. The number of aliphatic carboxylic acids is 1. The van der Waals surface area contributed by atoms with Crippen molar-refractivity contribution in [3.8, 4) is 6.07 Å². The summed E-state index contributed by atoms with van der Waals surface area (Å²) in [5.74, 6) is -0.152. The van der Waals surface area contributed by atoms with Crippen molar-refractivity contribution in [3.05, 3.63) is 23.9 Å². The van der Waals surface area contributed by atoms with E-state index in [4.69, 9.17) is 5.26 Å². The molecular formula is C14H17N3O2. The Morgan fingerprint density at radius 1 is 1.37 bits per heavy atom. The van der Waals surface area contributed by atoms with Gasteiger partial charge >= 0.3 is 5.97 Å². The first-order valence-electron chi connectivity index (χ1n) is 6.58. The number of carbonyl (C=O) groups is 1. The molecule has 19 heavy (non-hydrogen) atoms. The molecule has 1 aromatic rings. The number of pyridine rings is 1. The van der Waals surface area contributed by atoms with Gasteiger partial charge in [0, 0.05) is 12.7 Å². The molecular weight excluding hydrogens is 242 g/mol. The molecule has 1 fully saturated rings. The average molecular weight is 259 g/mol. The summed E-state index contributed by atoms with van der Waals surface area (Å²) in [5.41, 5.74) is 0.489. The summed E-state index contributed by atoms with van der Waals surface area (Å²) in [6.07, 6.45) is 6.27. The Morgan fingerprint density at radius 2 is 2.16 bits per heavy atom. The van der Waals surface area contributed by atoms with Crippen molar-refractivity contribution < 1.29 is 9.90 Å². The highest BCUT2D eigenvalue weighted by molar-refractivity contribution is 5.77. The summed E-state index contributed by atoms with van der Waals surface area (Å²) in [6, 6.07) is 4.92. The van der Waals surface area contributed by atoms with Gasteiger partial charge in [0.2, 0.25) is 0 Å². The van der Waals surface area contributed by atoms with Crippen molar-refractivity contribution in [2.24, 2.45) is 0 Å². The Labute approximate surface area is 112 Å². The Hall–Kier alpha value is -2.09. The maximum atomic E-state index is 11.4.